The van der Waals surface area contributed by atoms with Gasteiger partial charge < -0.3 is 16.2 Å². The van der Waals surface area contributed by atoms with Crippen LogP contribution in [-0.4, -0.2) is 12.2 Å². The van der Waals surface area contributed by atoms with E-state index in [2.05, 4.69) is 16.2 Å². The summed E-state index contributed by atoms with van der Waals surface area (Å²) in [5, 5.41) is 0. The second-order valence-corrected chi connectivity index (χ2v) is 0.740. The molecule has 2 amide bonds. The minimum absolute atomic E-state index is 0. The molecule has 8 heavy (non-hydrogen) atoms. The first-order valence-corrected chi connectivity index (χ1v) is 1.39. The van der Waals surface area contributed by atoms with Crippen LogP contribution in [0.2, 0.25) is 0 Å². The van der Waals surface area contributed by atoms with E-state index in [1.807, 2.05) is 0 Å². The number of carbonyl (C=O) groups is 2. The Balaban J connectivity index is 0. The van der Waals surface area contributed by atoms with Gasteiger partial charge in [0, 0.05) is 19.5 Å². The van der Waals surface area contributed by atoms with E-state index in [1.54, 1.807) is 0 Å². The zero-order valence-corrected chi connectivity index (χ0v) is 7.05. The first kappa shape index (κ1) is 10.4. The SMILES string of the molecule is NC(=O)OC(N)=O.[Zn]. The number of hydrogen-bond acceptors (Lipinski definition) is 3. The molecule has 0 spiro atoms. The average molecular weight is 169 g/mol. The molecule has 0 saturated heterocycles. The molecule has 4 N–H and O–H groups in total. The van der Waals surface area contributed by atoms with Crippen molar-refractivity contribution in [2.45, 2.75) is 0 Å². The van der Waals surface area contributed by atoms with Gasteiger partial charge in [0.2, 0.25) is 0 Å². The number of rotatable bonds is 0. The van der Waals surface area contributed by atoms with Crippen LogP contribution >= 0.6 is 0 Å². The second-order valence-electron chi connectivity index (χ2n) is 0.740. The fourth-order valence-corrected chi connectivity index (χ4v) is 0.0991. The van der Waals surface area contributed by atoms with Crippen molar-refractivity contribution in [2.75, 3.05) is 0 Å². The third-order valence-electron chi connectivity index (χ3n) is 0.201. The molecule has 5 nitrogen and oxygen atoms in total. The van der Waals surface area contributed by atoms with Crippen LogP contribution < -0.4 is 11.5 Å². The zero-order valence-electron chi connectivity index (χ0n) is 4.09. The van der Waals surface area contributed by atoms with Crippen LogP contribution in [0.4, 0.5) is 9.59 Å². The molecule has 0 radical (unpaired) electrons. The first-order chi connectivity index (χ1) is 3.13. The topological polar surface area (TPSA) is 95.4 Å². The van der Waals surface area contributed by atoms with Crippen molar-refractivity contribution in [3.63, 3.8) is 0 Å². The Kier molecular flexibility index (Phi) is 5.86. The van der Waals surface area contributed by atoms with Gasteiger partial charge in [-0.1, -0.05) is 0 Å². The second kappa shape index (κ2) is 4.52. The van der Waals surface area contributed by atoms with Crippen LogP contribution in [0.25, 0.3) is 0 Å². The molecule has 0 aromatic heterocycles. The predicted octanol–water partition coefficient (Wildman–Crippen LogP) is -0.842. The molecule has 0 heterocycles. The van der Waals surface area contributed by atoms with E-state index in [0.29, 0.717) is 0 Å². The van der Waals surface area contributed by atoms with Crippen molar-refractivity contribution in [3.8, 4) is 0 Å². The normalized spacial score (nSPS) is 6.50. The van der Waals surface area contributed by atoms with Crippen LogP contribution in [0.5, 0.6) is 0 Å². The predicted molar refractivity (Wildman–Crippen MR) is 20.3 cm³/mol. The smallest absolute Gasteiger partial charge is 0.360 e. The molecule has 0 rings (SSSR count). The summed E-state index contributed by atoms with van der Waals surface area (Å²) in [4.78, 5) is 19.0. The molecule has 0 aliphatic rings. The van der Waals surface area contributed by atoms with Gasteiger partial charge in [0.05, 0.1) is 0 Å². The summed E-state index contributed by atoms with van der Waals surface area (Å²) < 4.78 is 3.53. The summed E-state index contributed by atoms with van der Waals surface area (Å²) in [6.07, 6.45) is -2.38. The van der Waals surface area contributed by atoms with E-state index in [9.17, 15) is 9.59 Å². The molecule has 0 aliphatic heterocycles. The molecule has 0 bridgehead atoms. The molecule has 6 heteroatoms. The van der Waals surface area contributed by atoms with Gasteiger partial charge in [0.25, 0.3) is 0 Å². The van der Waals surface area contributed by atoms with Crippen LogP contribution in [0.15, 0.2) is 0 Å². The van der Waals surface area contributed by atoms with Crippen molar-refractivity contribution in [2.24, 2.45) is 11.5 Å². The number of hydrogen-bond donors (Lipinski definition) is 2. The van der Waals surface area contributed by atoms with Gasteiger partial charge >= 0.3 is 12.2 Å². The average Bonchev–Trinajstić information content (AvgIpc) is 1.27. The number of nitrogens with two attached hydrogens (primary N) is 2. The third kappa shape index (κ3) is 9.03. The van der Waals surface area contributed by atoms with Crippen molar-refractivity contribution in [3.05, 3.63) is 0 Å². The van der Waals surface area contributed by atoms with Crippen LogP contribution in [0.3, 0.4) is 0 Å². The maximum atomic E-state index is 9.51. The van der Waals surface area contributed by atoms with Gasteiger partial charge in [-0.2, -0.15) is 0 Å². The fourth-order valence-electron chi connectivity index (χ4n) is 0.0991. The van der Waals surface area contributed by atoms with Gasteiger partial charge in [-0.15, -0.1) is 0 Å². The van der Waals surface area contributed by atoms with E-state index in [0.717, 1.165) is 0 Å². The van der Waals surface area contributed by atoms with Gasteiger partial charge in [0.1, 0.15) is 0 Å². The molecule has 0 fully saturated rings. The summed E-state index contributed by atoms with van der Waals surface area (Å²) in [6, 6.07) is 0. The van der Waals surface area contributed by atoms with E-state index < -0.39 is 12.2 Å². The van der Waals surface area contributed by atoms with Crippen LogP contribution in [0.1, 0.15) is 0 Å². The Morgan fingerprint density at radius 3 is 1.38 bits per heavy atom. The molecule has 0 aromatic rings. The Labute approximate surface area is 58.1 Å². The zero-order chi connectivity index (χ0) is 5.86. The van der Waals surface area contributed by atoms with Crippen molar-refractivity contribution >= 4 is 12.2 Å². The summed E-state index contributed by atoms with van der Waals surface area (Å²) in [5.74, 6) is 0. The maximum Gasteiger partial charge on any atom is 0.413 e. The van der Waals surface area contributed by atoms with E-state index >= 15 is 0 Å². The number of amides is 2. The minimum Gasteiger partial charge on any atom is -0.360 e. The van der Waals surface area contributed by atoms with Gasteiger partial charge in [-0.3, -0.25) is 0 Å². The molecule has 0 saturated carbocycles. The van der Waals surface area contributed by atoms with E-state index in [4.69, 9.17) is 0 Å². The van der Waals surface area contributed by atoms with Crippen molar-refractivity contribution in [1.82, 2.24) is 0 Å². The Morgan fingerprint density at radius 1 is 1.12 bits per heavy atom. The van der Waals surface area contributed by atoms with Gasteiger partial charge in [0.15, 0.2) is 0 Å². The molecule has 0 unspecified atom stereocenters. The first-order valence-electron chi connectivity index (χ1n) is 1.39. The molecule has 0 aliphatic carbocycles. The van der Waals surface area contributed by atoms with Crippen LogP contribution in [0, 0.1) is 0 Å². The van der Waals surface area contributed by atoms with Gasteiger partial charge in [-0.05, 0) is 0 Å². The quantitative estimate of drug-likeness (QED) is 0.365. The Hall–Kier alpha value is -0.637. The van der Waals surface area contributed by atoms with Gasteiger partial charge in [-0.25, -0.2) is 9.59 Å². The van der Waals surface area contributed by atoms with E-state index in [1.165, 1.54) is 0 Å². The summed E-state index contributed by atoms with van der Waals surface area (Å²) in [7, 11) is 0. The molecule has 0 aromatic carbocycles. The fraction of sp³-hybridized carbons (Fsp3) is 0. The number of primary amides is 2. The molecule has 0 atom stereocenters. The van der Waals surface area contributed by atoms with E-state index in [-0.39, 0.29) is 19.5 Å². The third-order valence-corrected chi connectivity index (χ3v) is 0.201. The molecular weight excluding hydrogens is 165 g/mol. The monoisotopic (exact) mass is 168 g/mol. The summed E-state index contributed by atoms with van der Waals surface area (Å²) in [6.45, 7) is 0. The number of carbonyl (C=O) groups excluding carboxylic acids is 2. The summed E-state index contributed by atoms with van der Waals surface area (Å²) >= 11 is 0. The molecular formula is C2H4N2O3Zn. The van der Waals surface area contributed by atoms with Crippen molar-refractivity contribution in [1.29, 1.82) is 0 Å². The minimum atomic E-state index is -1.19. The van der Waals surface area contributed by atoms with Crippen molar-refractivity contribution < 1.29 is 33.8 Å². The van der Waals surface area contributed by atoms with Crippen LogP contribution in [-0.2, 0) is 24.2 Å². The maximum absolute atomic E-state index is 9.51. The largest absolute Gasteiger partial charge is 0.413 e. The molecule has 42 valence electrons. The summed E-state index contributed by atoms with van der Waals surface area (Å²) in [5.41, 5.74) is 8.66. The Bertz CT molecular complexity index is 91.5. The number of ether oxygens (including phenoxy) is 1. The Morgan fingerprint density at radius 2 is 1.38 bits per heavy atom. The standard InChI is InChI=1S/C2H4N2O3.Zn/c3-1(5)7-2(4)6;/h(H2,3,5)(H2,4,6);.